The van der Waals surface area contributed by atoms with Gasteiger partial charge in [0, 0.05) is 0 Å². The third-order valence-electron chi connectivity index (χ3n) is 4.21. The lowest BCUT2D eigenvalue weighted by molar-refractivity contribution is -0.0731. The van der Waals surface area contributed by atoms with E-state index < -0.39 is 0 Å². The molecule has 0 fully saturated rings. The van der Waals surface area contributed by atoms with Crippen LogP contribution in [0.25, 0.3) is 0 Å². The van der Waals surface area contributed by atoms with Crippen molar-refractivity contribution in [2.24, 2.45) is 5.41 Å². The molecule has 0 bridgehead atoms. The molecule has 0 unspecified atom stereocenters. The summed E-state index contributed by atoms with van der Waals surface area (Å²) >= 11 is 0. The predicted molar refractivity (Wildman–Crippen MR) is 77.3 cm³/mol. The van der Waals surface area contributed by atoms with Gasteiger partial charge in [-0.2, -0.15) is 0 Å². The second-order valence-electron chi connectivity index (χ2n) is 5.66. The molecule has 0 aromatic rings. The summed E-state index contributed by atoms with van der Waals surface area (Å²) in [7, 11) is 3.40. The molecular weight excluding hydrogens is 224 g/mol. The fourth-order valence-electron chi connectivity index (χ4n) is 3.45. The Bertz CT molecular complexity index is 179. The summed E-state index contributed by atoms with van der Waals surface area (Å²) in [6.07, 6.45) is 9.67. The first-order chi connectivity index (χ1) is 8.05. The molecule has 3 radical (unpaired) electrons. The van der Waals surface area contributed by atoms with E-state index >= 15 is 0 Å². The van der Waals surface area contributed by atoms with Crippen molar-refractivity contribution in [2.75, 3.05) is 0 Å². The summed E-state index contributed by atoms with van der Waals surface area (Å²) in [6.45, 7) is 11.5. The third-order valence-corrected chi connectivity index (χ3v) is 4.60. The van der Waals surface area contributed by atoms with Crippen molar-refractivity contribution in [1.29, 1.82) is 0 Å². The molecule has 1 nitrogen and oxygen atoms in total. The van der Waals surface area contributed by atoms with E-state index in [9.17, 15) is 0 Å². The van der Waals surface area contributed by atoms with Crippen LogP contribution >= 0.6 is 0 Å². The van der Waals surface area contributed by atoms with Crippen molar-refractivity contribution in [3.63, 3.8) is 0 Å². The van der Waals surface area contributed by atoms with Gasteiger partial charge in [-0.3, -0.25) is 0 Å². The molecule has 0 aliphatic rings. The van der Waals surface area contributed by atoms with Gasteiger partial charge in [-0.1, -0.05) is 60.3 Å². The SMILES string of the molecule is CCCC(C)(CCC)C(CCC)(CCC)O[Si]. The minimum Gasteiger partial charge on any atom is -0.413 e. The first-order valence-electron chi connectivity index (χ1n) is 7.40. The fourth-order valence-corrected chi connectivity index (χ4v) is 3.90. The molecule has 0 aliphatic carbocycles. The first kappa shape index (κ1) is 17.2. The smallest absolute Gasteiger partial charge is 0.247 e. The van der Waals surface area contributed by atoms with Crippen molar-refractivity contribution in [3.8, 4) is 0 Å². The van der Waals surface area contributed by atoms with Gasteiger partial charge < -0.3 is 4.43 Å². The van der Waals surface area contributed by atoms with Gasteiger partial charge in [0.05, 0.1) is 5.60 Å². The lowest BCUT2D eigenvalue weighted by Gasteiger charge is -2.49. The molecule has 2 heteroatoms. The van der Waals surface area contributed by atoms with E-state index in [1.54, 1.807) is 0 Å². The molecule has 0 amide bonds. The maximum absolute atomic E-state index is 5.89. The van der Waals surface area contributed by atoms with Crippen molar-refractivity contribution >= 4 is 10.5 Å². The standard InChI is InChI=1S/C15H31OSi/c1-6-10-14(5,11-7-2)15(16-17,12-8-3)13-9-4/h6-13H2,1-5H3. The van der Waals surface area contributed by atoms with Gasteiger partial charge in [0.2, 0.25) is 10.5 Å². The number of hydrogen-bond acceptors (Lipinski definition) is 1. The quantitative estimate of drug-likeness (QED) is 0.497. The van der Waals surface area contributed by atoms with Crippen molar-refractivity contribution in [1.82, 2.24) is 0 Å². The number of rotatable bonds is 10. The first-order valence-corrected chi connectivity index (χ1v) is 7.81. The van der Waals surface area contributed by atoms with Crippen molar-refractivity contribution < 1.29 is 4.43 Å². The van der Waals surface area contributed by atoms with Crippen LogP contribution in [0.1, 0.15) is 86.0 Å². The highest BCUT2D eigenvalue weighted by molar-refractivity contribution is 5.98. The van der Waals surface area contributed by atoms with Crippen LogP contribution in [0.15, 0.2) is 0 Å². The second kappa shape index (κ2) is 8.31. The maximum atomic E-state index is 5.89. The Morgan fingerprint density at radius 2 is 1.12 bits per heavy atom. The van der Waals surface area contributed by atoms with E-state index in [2.05, 4.69) is 45.1 Å². The van der Waals surface area contributed by atoms with E-state index in [-0.39, 0.29) is 5.60 Å². The molecule has 0 atom stereocenters. The van der Waals surface area contributed by atoms with Crippen LogP contribution in [0.2, 0.25) is 0 Å². The Hall–Kier alpha value is 0.177. The molecule has 0 rings (SSSR count). The molecule has 0 aliphatic heterocycles. The molecule has 101 valence electrons. The zero-order valence-electron chi connectivity index (χ0n) is 12.6. The molecule has 0 heterocycles. The Morgan fingerprint density at radius 3 is 1.35 bits per heavy atom. The Balaban J connectivity index is 5.15. The van der Waals surface area contributed by atoms with Gasteiger partial charge >= 0.3 is 0 Å². The summed E-state index contributed by atoms with van der Waals surface area (Å²) in [5.41, 5.74) is 0.309. The monoisotopic (exact) mass is 255 g/mol. The molecule has 0 aromatic heterocycles. The minimum absolute atomic E-state index is 0.0133. The summed E-state index contributed by atoms with van der Waals surface area (Å²) in [5.74, 6) is 0. The largest absolute Gasteiger partial charge is 0.413 e. The zero-order valence-corrected chi connectivity index (χ0v) is 13.6. The lowest BCUT2D eigenvalue weighted by Crippen LogP contribution is -2.48. The molecule has 0 saturated heterocycles. The van der Waals surface area contributed by atoms with E-state index in [4.69, 9.17) is 4.43 Å². The second-order valence-corrected chi connectivity index (χ2v) is 5.86. The van der Waals surface area contributed by atoms with E-state index in [0.29, 0.717) is 5.41 Å². The topological polar surface area (TPSA) is 9.23 Å². The highest BCUT2D eigenvalue weighted by atomic mass is 28.2. The highest BCUT2D eigenvalue weighted by Crippen LogP contribution is 2.47. The van der Waals surface area contributed by atoms with E-state index in [1.807, 2.05) is 0 Å². The Kier molecular flexibility index (Phi) is 8.40. The third kappa shape index (κ3) is 4.10. The van der Waals surface area contributed by atoms with E-state index in [1.165, 1.54) is 38.5 Å². The summed E-state index contributed by atoms with van der Waals surface area (Å²) < 4.78 is 5.89. The van der Waals surface area contributed by atoms with Gasteiger partial charge in [-0.25, -0.2) is 0 Å². The van der Waals surface area contributed by atoms with Crippen LogP contribution in [0.3, 0.4) is 0 Å². The maximum Gasteiger partial charge on any atom is 0.247 e. The molecule has 0 saturated carbocycles. The molecule has 0 spiro atoms. The van der Waals surface area contributed by atoms with Crippen molar-refractivity contribution in [2.45, 2.75) is 91.6 Å². The Labute approximate surface area is 112 Å². The van der Waals surface area contributed by atoms with Crippen LogP contribution in [0.5, 0.6) is 0 Å². The summed E-state index contributed by atoms with van der Waals surface area (Å²) in [6, 6.07) is 0. The number of hydrogen-bond donors (Lipinski definition) is 0. The normalized spacial score (nSPS) is 13.1. The fraction of sp³-hybridized carbons (Fsp3) is 1.00. The van der Waals surface area contributed by atoms with Crippen LogP contribution in [0, 0.1) is 5.41 Å². The average Bonchev–Trinajstić information content (AvgIpc) is 2.29. The van der Waals surface area contributed by atoms with Gasteiger partial charge in [-0.15, -0.1) is 0 Å². The molecular formula is C15H31OSi. The van der Waals surface area contributed by atoms with Crippen LogP contribution in [-0.2, 0) is 4.43 Å². The van der Waals surface area contributed by atoms with Gasteiger partial charge in [0.15, 0.2) is 0 Å². The van der Waals surface area contributed by atoms with Crippen LogP contribution in [-0.4, -0.2) is 16.1 Å². The molecule has 17 heavy (non-hydrogen) atoms. The zero-order chi connectivity index (χ0) is 13.4. The minimum atomic E-state index is 0.0133. The van der Waals surface area contributed by atoms with Crippen LogP contribution in [0.4, 0.5) is 0 Å². The van der Waals surface area contributed by atoms with Crippen LogP contribution < -0.4 is 0 Å². The summed E-state index contributed by atoms with van der Waals surface area (Å²) in [5, 5.41) is 0. The van der Waals surface area contributed by atoms with Gasteiger partial charge in [-0.05, 0) is 31.1 Å². The van der Waals surface area contributed by atoms with E-state index in [0.717, 1.165) is 12.8 Å². The highest BCUT2D eigenvalue weighted by Gasteiger charge is 2.45. The molecule has 0 aromatic carbocycles. The van der Waals surface area contributed by atoms with Gasteiger partial charge in [0.25, 0.3) is 0 Å². The Morgan fingerprint density at radius 1 is 0.765 bits per heavy atom. The van der Waals surface area contributed by atoms with Crippen molar-refractivity contribution in [3.05, 3.63) is 0 Å². The predicted octanol–water partition coefficient (Wildman–Crippen LogP) is 5.03. The average molecular weight is 255 g/mol. The lowest BCUT2D eigenvalue weighted by atomic mass is 9.64. The van der Waals surface area contributed by atoms with Gasteiger partial charge in [0.1, 0.15) is 0 Å². The summed E-state index contributed by atoms with van der Waals surface area (Å²) in [4.78, 5) is 0. The molecule has 0 N–H and O–H groups in total.